The Balaban J connectivity index is 1.39. The first kappa shape index (κ1) is 17.7. The molecular formula is C21H16N4O2S. The summed E-state index contributed by atoms with van der Waals surface area (Å²) in [5.41, 5.74) is 2.80. The molecule has 0 atom stereocenters. The average molecular weight is 388 g/mol. The van der Waals surface area contributed by atoms with Gasteiger partial charge in [-0.25, -0.2) is 4.98 Å². The average Bonchev–Trinajstić information content (AvgIpc) is 3.43. The molecule has 0 radical (unpaired) electrons. The Labute approximate surface area is 165 Å². The maximum atomic E-state index is 12.4. The number of rotatable bonds is 5. The smallest absolute Gasteiger partial charge is 0.265 e. The summed E-state index contributed by atoms with van der Waals surface area (Å²) in [7, 11) is 0. The summed E-state index contributed by atoms with van der Waals surface area (Å²) >= 11 is 1.38. The number of nitrogens with zero attached hydrogens (tertiary/aromatic N) is 2. The Hall–Kier alpha value is -3.71. The molecule has 0 aliphatic carbocycles. The van der Waals surface area contributed by atoms with Crippen molar-refractivity contribution in [2.75, 3.05) is 10.6 Å². The third-order valence-corrected chi connectivity index (χ3v) is 4.95. The van der Waals surface area contributed by atoms with Gasteiger partial charge in [-0.3, -0.25) is 9.59 Å². The Morgan fingerprint density at radius 1 is 0.857 bits per heavy atom. The Kier molecular flexibility index (Phi) is 4.99. The van der Waals surface area contributed by atoms with E-state index in [4.69, 9.17) is 0 Å². The molecule has 0 saturated carbocycles. The number of thiophene rings is 1. The second-order valence-corrected chi connectivity index (χ2v) is 6.93. The van der Waals surface area contributed by atoms with Crippen LogP contribution >= 0.6 is 11.3 Å². The number of carbonyl (C=O) groups is 2. The first-order valence-electron chi connectivity index (χ1n) is 8.54. The van der Waals surface area contributed by atoms with Crippen LogP contribution in [0.4, 0.5) is 11.4 Å². The molecule has 2 heterocycles. The number of carbonyl (C=O) groups excluding carboxylic acids is 2. The van der Waals surface area contributed by atoms with Gasteiger partial charge in [-0.1, -0.05) is 6.07 Å². The maximum Gasteiger partial charge on any atom is 0.265 e. The summed E-state index contributed by atoms with van der Waals surface area (Å²) in [4.78, 5) is 29.2. The molecule has 0 saturated heterocycles. The molecule has 0 aliphatic rings. The van der Waals surface area contributed by atoms with Crippen LogP contribution in [0.2, 0.25) is 0 Å². The zero-order chi connectivity index (χ0) is 19.3. The highest BCUT2D eigenvalue weighted by molar-refractivity contribution is 7.12. The quantitative estimate of drug-likeness (QED) is 0.531. The maximum absolute atomic E-state index is 12.4. The van der Waals surface area contributed by atoms with Gasteiger partial charge in [0.1, 0.15) is 0 Å². The van der Waals surface area contributed by atoms with E-state index in [0.29, 0.717) is 21.8 Å². The van der Waals surface area contributed by atoms with Crippen molar-refractivity contribution in [2.24, 2.45) is 0 Å². The van der Waals surface area contributed by atoms with Crippen LogP contribution in [-0.2, 0) is 0 Å². The minimum absolute atomic E-state index is 0.162. The molecule has 2 aromatic heterocycles. The van der Waals surface area contributed by atoms with E-state index in [-0.39, 0.29) is 11.8 Å². The summed E-state index contributed by atoms with van der Waals surface area (Å²) < 4.78 is 1.88. The molecule has 2 amide bonds. The van der Waals surface area contributed by atoms with Crippen molar-refractivity contribution in [1.82, 2.24) is 9.55 Å². The number of benzene rings is 2. The first-order valence-corrected chi connectivity index (χ1v) is 9.42. The highest BCUT2D eigenvalue weighted by atomic mass is 32.1. The lowest BCUT2D eigenvalue weighted by atomic mass is 10.2. The van der Waals surface area contributed by atoms with Crippen LogP contribution in [0.5, 0.6) is 0 Å². The second kappa shape index (κ2) is 7.89. The molecule has 4 rings (SSSR count). The standard InChI is InChI=1S/C21H16N4O2S/c26-20(23-17-7-9-18(10-8-17)25-12-11-22-14-25)15-3-5-16(6-4-15)24-21(27)19-2-1-13-28-19/h1-14H,(H,23,26)(H,24,27). The molecular weight excluding hydrogens is 372 g/mol. The van der Waals surface area contributed by atoms with Crippen molar-refractivity contribution >= 4 is 34.5 Å². The first-order chi connectivity index (χ1) is 13.7. The van der Waals surface area contributed by atoms with E-state index >= 15 is 0 Å². The van der Waals surface area contributed by atoms with Gasteiger partial charge in [0.25, 0.3) is 11.8 Å². The second-order valence-electron chi connectivity index (χ2n) is 5.98. The monoisotopic (exact) mass is 388 g/mol. The van der Waals surface area contributed by atoms with Gasteiger partial charge in [0.2, 0.25) is 0 Å². The molecule has 6 nitrogen and oxygen atoms in total. The van der Waals surface area contributed by atoms with E-state index < -0.39 is 0 Å². The van der Waals surface area contributed by atoms with Crippen LogP contribution in [0.1, 0.15) is 20.0 Å². The van der Waals surface area contributed by atoms with E-state index in [1.807, 2.05) is 46.5 Å². The van der Waals surface area contributed by atoms with Gasteiger partial charge in [0.15, 0.2) is 0 Å². The molecule has 0 aliphatic heterocycles. The van der Waals surface area contributed by atoms with Crippen molar-refractivity contribution in [1.29, 1.82) is 0 Å². The number of imidazole rings is 1. The molecule has 0 spiro atoms. The zero-order valence-electron chi connectivity index (χ0n) is 14.7. The Morgan fingerprint density at radius 2 is 1.54 bits per heavy atom. The fraction of sp³-hybridized carbons (Fsp3) is 0. The number of aromatic nitrogens is 2. The van der Waals surface area contributed by atoms with Gasteiger partial charge < -0.3 is 15.2 Å². The van der Waals surface area contributed by atoms with Crippen LogP contribution in [0, 0.1) is 0 Å². The highest BCUT2D eigenvalue weighted by Gasteiger charge is 2.09. The van der Waals surface area contributed by atoms with E-state index in [0.717, 1.165) is 5.69 Å². The van der Waals surface area contributed by atoms with E-state index in [2.05, 4.69) is 15.6 Å². The summed E-state index contributed by atoms with van der Waals surface area (Å²) in [6, 6.07) is 17.9. The lowest BCUT2D eigenvalue weighted by Gasteiger charge is -2.08. The van der Waals surface area contributed by atoms with Crippen LogP contribution in [0.15, 0.2) is 84.8 Å². The molecule has 4 aromatic rings. The number of nitrogens with one attached hydrogen (secondary N) is 2. The molecule has 2 aromatic carbocycles. The van der Waals surface area contributed by atoms with Crippen molar-refractivity contribution in [3.05, 3.63) is 95.2 Å². The van der Waals surface area contributed by atoms with Crippen LogP contribution in [-0.4, -0.2) is 21.4 Å². The number of hydrogen-bond donors (Lipinski definition) is 2. The fourth-order valence-electron chi connectivity index (χ4n) is 2.64. The summed E-state index contributed by atoms with van der Waals surface area (Å²) in [6.07, 6.45) is 5.28. The van der Waals surface area contributed by atoms with Gasteiger partial charge >= 0.3 is 0 Å². The van der Waals surface area contributed by atoms with Crippen molar-refractivity contribution in [3.63, 3.8) is 0 Å². The molecule has 0 fully saturated rings. The third kappa shape index (κ3) is 3.99. The molecule has 2 N–H and O–H groups in total. The van der Waals surface area contributed by atoms with Crippen molar-refractivity contribution < 1.29 is 9.59 Å². The van der Waals surface area contributed by atoms with E-state index in [1.165, 1.54) is 11.3 Å². The van der Waals surface area contributed by atoms with Gasteiger partial charge in [-0.05, 0) is 60.0 Å². The summed E-state index contributed by atoms with van der Waals surface area (Å²) in [6.45, 7) is 0. The lowest BCUT2D eigenvalue weighted by Crippen LogP contribution is -2.13. The molecule has 0 unspecified atom stereocenters. The predicted molar refractivity (Wildman–Crippen MR) is 110 cm³/mol. The largest absolute Gasteiger partial charge is 0.322 e. The Bertz CT molecular complexity index is 1070. The van der Waals surface area contributed by atoms with Crippen LogP contribution in [0.25, 0.3) is 5.69 Å². The topological polar surface area (TPSA) is 76.0 Å². The molecule has 28 heavy (non-hydrogen) atoms. The van der Waals surface area contributed by atoms with Gasteiger partial charge in [0.05, 0.1) is 11.2 Å². The molecule has 7 heteroatoms. The summed E-state index contributed by atoms with van der Waals surface area (Å²) in [5, 5.41) is 7.53. The summed E-state index contributed by atoms with van der Waals surface area (Å²) in [5.74, 6) is -0.378. The van der Waals surface area contributed by atoms with Crippen LogP contribution in [0.3, 0.4) is 0 Å². The van der Waals surface area contributed by atoms with Crippen LogP contribution < -0.4 is 10.6 Å². The highest BCUT2D eigenvalue weighted by Crippen LogP contribution is 2.17. The van der Waals surface area contributed by atoms with E-state index in [1.54, 1.807) is 42.9 Å². The molecule has 0 bridgehead atoms. The minimum atomic E-state index is -0.216. The number of hydrogen-bond acceptors (Lipinski definition) is 4. The third-order valence-electron chi connectivity index (χ3n) is 4.08. The van der Waals surface area contributed by atoms with E-state index in [9.17, 15) is 9.59 Å². The van der Waals surface area contributed by atoms with Gasteiger partial charge in [-0.2, -0.15) is 0 Å². The number of amides is 2. The minimum Gasteiger partial charge on any atom is -0.322 e. The fourth-order valence-corrected chi connectivity index (χ4v) is 3.26. The zero-order valence-corrected chi connectivity index (χ0v) is 15.5. The van der Waals surface area contributed by atoms with Crippen molar-refractivity contribution in [2.45, 2.75) is 0 Å². The van der Waals surface area contributed by atoms with Gasteiger partial charge in [0, 0.05) is 35.0 Å². The number of anilines is 2. The Morgan fingerprint density at radius 3 is 2.14 bits per heavy atom. The van der Waals surface area contributed by atoms with Gasteiger partial charge in [-0.15, -0.1) is 11.3 Å². The molecule has 138 valence electrons. The lowest BCUT2D eigenvalue weighted by molar-refractivity contribution is 0.102. The predicted octanol–water partition coefficient (Wildman–Crippen LogP) is 4.44. The SMILES string of the molecule is O=C(Nc1ccc(-n2ccnc2)cc1)c1ccc(NC(=O)c2cccs2)cc1. The van der Waals surface area contributed by atoms with Crippen molar-refractivity contribution in [3.8, 4) is 5.69 Å². The normalized spacial score (nSPS) is 10.4.